The predicted molar refractivity (Wildman–Crippen MR) is 155 cm³/mol. The van der Waals surface area contributed by atoms with E-state index >= 15 is 0 Å². The Hall–Kier alpha value is -1.54. The zero-order valence-corrected chi connectivity index (χ0v) is 26.5. The Morgan fingerprint density at radius 1 is 1.02 bits per heavy atom. The van der Waals surface area contributed by atoms with E-state index in [0.717, 1.165) is 38.5 Å². The van der Waals surface area contributed by atoms with Gasteiger partial charge in [-0.2, -0.15) is 0 Å². The predicted octanol–water partition coefficient (Wildman–Crippen LogP) is 5.64. The fraction of sp³-hybridized carbons (Fsp3) is 0.939. The summed E-state index contributed by atoms with van der Waals surface area (Å²) in [4.78, 5) is 23.9. The van der Waals surface area contributed by atoms with Crippen LogP contribution in [0.5, 0.6) is 0 Å². The van der Waals surface area contributed by atoms with E-state index in [1.807, 2.05) is 0 Å². The molecule has 6 fully saturated rings. The lowest BCUT2D eigenvalue weighted by Gasteiger charge is -2.63. The first-order valence-corrected chi connectivity index (χ1v) is 16.3. The van der Waals surface area contributed by atoms with Gasteiger partial charge in [0.1, 0.15) is 12.2 Å². The minimum Gasteiger partial charge on any atom is -0.446 e. The van der Waals surface area contributed by atoms with Crippen molar-refractivity contribution < 1.29 is 28.9 Å². The van der Waals surface area contributed by atoms with Crippen LogP contribution in [0.4, 0.5) is 9.59 Å². The lowest BCUT2D eigenvalue weighted by molar-refractivity contribution is -0.184. The number of hydrogen-bond donors (Lipinski definition) is 3. The van der Waals surface area contributed by atoms with Gasteiger partial charge in [-0.15, -0.1) is 0 Å². The lowest BCUT2D eigenvalue weighted by Crippen LogP contribution is -2.60. The van der Waals surface area contributed by atoms with Gasteiger partial charge < -0.3 is 30.4 Å². The minimum absolute atomic E-state index is 0.0230. The Morgan fingerprint density at radius 2 is 1.68 bits per heavy atom. The second-order valence-corrected chi connectivity index (χ2v) is 16.3. The average Bonchev–Trinajstić information content (AvgIpc) is 3.53. The Balaban J connectivity index is 1.31. The average molecular weight is 575 g/mol. The highest BCUT2D eigenvalue weighted by Crippen LogP contribution is 2.89. The number of amides is 2. The highest BCUT2D eigenvalue weighted by atomic mass is 16.6. The summed E-state index contributed by atoms with van der Waals surface area (Å²) in [5, 5.41) is 15.0. The highest BCUT2D eigenvalue weighted by Gasteiger charge is 2.84. The van der Waals surface area contributed by atoms with Gasteiger partial charge in [-0.3, -0.25) is 0 Å². The van der Waals surface area contributed by atoms with Gasteiger partial charge in [0.15, 0.2) is 0 Å². The van der Waals surface area contributed by atoms with E-state index in [0.29, 0.717) is 17.8 Å². The third-order valence-electron chi connectivity index (χ3n) is 14.5. The Morgan fingerprint density at radius 3 is 2.32 bits per heavy atom. The van der Waals surface area contributed by atoms with Gasteiger partial charge in [-0.1, -0.05) is 48.5 Å². The molecular weight excluding hydrogens is 520 g/mol. The van der Waals surface area contributed by atoms with E-state index in [1.165, 1.54) is 12.8 Å². The van der Waals surface area contributed by atoms with Crippen LogP contribution in [0.25, 0.3) is 0 Å². The molecule has 1 aliphatic heterocycles. The second kappa shape index (κ2) is 9.23. The number of rotatable bonds is 4. The van der Waals surface area contributed by atoms with Crippen molar-refractivity contribution in [1.29, 1.82) is 0 Å². The van der Waals surface area contributed by atoms with Gasteiger partial charge in [0.05, 0.1) is 18.3 Å². The number of fused-ring (bicyclic) bond motifs is 4. The molecule has 2 amide bonds. The van der Waals surface area contributed by atoms with Gasteiger partial charge in [0, 0.05) is 17.9 Å². The smallest absolute Gasteiger partial charge is 0.407 e. The van der Waals surface area contributed by atoms with Crippen molar-refractivity contribution in [2.45, 2.75) is 130 Å². The number of aliphatic hydroxyl groups is 1. The number of aliphatic hydroxyl groups excluding tert-OH is 1. The van der Waals surface area contributed by atoms with Crippen LogP contribution in [0.2, 0.25) is 0 Å². The number of carbonyl (C=O) groups is 2. The van der Waals surface area contributed by atoms with Gasteiger partial charge in [-0.05, 0) is 97.2 Å². The first kappa shape index (κ1) is 29.5. The molecule has 0 aromatic carbocycles. The van der Waals surface area contributed by atoms with E-state index in [9.17, 15) is 14.7 Å². The molecule has 1 saturated heterocycles. The quantitative estimate of drug-likeness (QED) is 0.399. The number of hydrogen-bond acceptors (Lipinski definition) is 6. The van der Waals surface area contributed by atoms with Crippen LogP contribution in [-0.2, 0) is 14.2 Å². The van der Waals surface area contributed by atoms with E-state index in [2.05, 4.69) is 53.8 Å². The van der Waals surface area contributed by atoms with Gasteiger partial charge in [-0.25, -0.2) is 9.59 Å². The summed E-state index contributed by atoms with van der Waals surface area (Å²) in [5.74, 6) is 1.66. The number of nitrogens with two attached hydrogens (primary N) is 1. The zero-order valence-electron chi connectivity index (χ0n) is 26.5. The fourth-order valence-corrected chi connectivity index (χ4v) is 12.7. The van der Waals surface area contributed by atoms with Crippen molar-refractivity contribution in [3.8, 4) is 0 Å². The molecule has 0 bridgehead atoms. The number of alkyl carbamates (subject to hydrolysis) is 1. The van der Waals surface area contributed by atoms with E-state index in [-0.39, 0.29) is 63.3 Å². The fourth-order valence-electron chi connectivity index (χ4n) is 12.7. The summed E-state index contributed by atoms with van der Waals surface area (Å²) in [6.07, 6.45) is 5.86. The topological polar surface area (TPSA) is 120 Å². The van der Waals surface area contributed by atoms with Crippen molar-refractivity contribution in [1.82, 2.24) is 5.32 Å². The molecule has 0 aromatic rings. The number of carbonyl (C=O) groups excluding carboxylic acids is 2. The first-order chi connectivity index (χ1) is 19.1. The van der Waals surface area contributed by atoms with Crippen molar-refractivity contribution in [3.63, 3.8) is 0 Å². The molecule has 2 spiro atoms. The van der Waals surface area contributed by atoms with Crippen molar-refractivity contribution >= 4 is 12.2 Å². The van der Waals surface area contributed by atoms with Crippen LogP contribution in [0.1, 0.15) is 99.8 Å². The molecule has 5 saturated carbocycles. The third kappa shape index (κ3) is 3.64. The van der Waals surface area contributed by atoms with Crippen LogP contribution in [0, 0.1) is 56.7 Å². The third-order valence-corrected chi connectivity index (χ3v) is 14.5. The molecule has 0 aromatic heterocycles. The van der Waals surface area contributed by atoms with E-state index in [4.69, 9.17) is 19.9 Å². The van der Waals surface area contributed by atoms with Crippen LogP contribution in [0.15, 0.2) is 0 Å². The minimum atomic E-state index is -0.663. The molecule has 6 rings (SSSR count). The molecule has 41 heavy (non-hydrogen) atoms. The normalized spacial score (nSPS) is 51.7. The molecule has 0 radical (unpaired) electrons. The maximum Gasteiger partial charge on any atom is 0.407 e. The second-order valence-electron chi connectivity index (χ2n) is 16.3. The van der Waals surface area contributed by atoms with Crippen molar-refractivity contribution in [3.05, 3.63) is 0 Å². The maximum absolute atomic E-state index is 12.4. The molecular formula is C33H54N2O6. The van der Waals surface area contributed by atoms with E-state index < -0.39 is 18.3 Å². The largest absolute Gasteiger partial charge is 0.446 e. The van der Waals surface area contributed by atoms with Gasteiger partial charge >= 0.3 is 12.2 Å². The van der Waals surface area contributed by atoms with Gasteiger partial charge in [0.25, 0.3) is 0 Å². The molecule has 232 valence electrons. The number of nitrogens with one attached hydrogen (secondary N) is 1. The van der Waals surface area contributed by atoms with Crippen LogP contribution >= 0.6 is 0 Å². The summed E-state index contributed by atoms with van der Waals surface area (Å²) in [7, 11) is 1.58. The standard InChI is InChI=1S/C33H54N2O6/c1-17(2)24(41-28(38)35-8)19-15-18(3)23-25(39-19)26(36)31(7)21-10-9-20-29(4,5)22(40-27(34)37)11-12-32(20)16-33(21,32)14-13-30(23,31)6/h17-26,36H,9-16H2,1-8H3,(H2,34,37)(H,35,38)/t18?,19?,20?,21?,22-,23?,24+,25?,26-,30+,31+,32?,33-/m0/s1. The molecule has 4 N–H and O–H groups in total. The van der Waals surface area contributed by atoms with Crippen LogP contribution in [0.3, 0.4) is 0 Å². The molecule has 1 heterocycles. The summed E-state index contributed by atoms with van der Waals surface area (Å²) >= 11 is 0. The Labute approximate surface area is 246 Å². The molecule has 8 heteroatoms. The number of primary amides is 1. The molecule has 8 nitrogen and oxygen atoms in total. The maximum atomic E-state index is 12.4. The molecule has 13 atom stereocenters. The van der Waals surface area contributed by atoms with Crippen molar-refractivity contribution in [2.24, 2.45) is 62.4 Å². The summed E-state index contributed by atoms with van der Waals surface area (Å²) in [5.41, 5.74) is 5.58. The highest BCUT2D eigenvalue weighted by molar-refractivity contribution is 5.67. The van der Waals surface area contributed by atoms with Crippen LogP contribution in [-0.4, -0.2) is 54.9 Å². The molecule has 5 aliphatic carbocycles. The van der Waals surface area contributed by atoms with Gasteiger partial charge in [0.2, 0.25) is 0 Å². The number of ether oxygens (including phenoxy) is 3. The van der Waals surface area contributed by atoms with E-state index in [1.54, 1.807) is 7.05 Å². The summed E-state index contributed by atoms with van der Waals surface area (Å²) in [6, 6.07) is 0. The SMILES string of the molecule is CNC(=O)O[C@H](C(C)C)C1CC(C)C2C(O1)[C@H](O)[C@@]1(C)C3CCC4C(C)(C)[C@@H](OC(N)=O)CCC45C[C@@]35CC[C@]21C. The summed E-state index contributed by atoms with van der Waals surface area (Å²) in [6.45, 7) is 15.9. The first-order valence-electron chi connectivity index (χ1n) is 16.3. The molecule has 7 unspecified atom stereocenters. The Bertz CT molecular complexity index is 1100. The monoisotopic (exact) mass is 574 g/mol. The molecule has 6 aliphatic rings. The van der Waals surface area contributed by atoms with Crippen LogP contribution < -0.4 is 11.1 Å². The zero-order chi connectivity index (χ0) is 29.9. The lowest BCUT2D eigenvalue weighted by atomic mass is 9.41. The van der Waals surface area contributed by atoms with Crippen molar-refractivity contribution in [2.75, 3.05) is 7.05 Å². The summed E-state index contributed by atoms with van der Waals surface area (Å²) < 4.78 is 18.4. The Kier molecular flexibility index (Phi) is 6.65.